The van der Waals surface area contributed by atoms with Crippen molar-refractivity contribution in [1.29, 1.82) is 0 Å². The summed E-state index contributed by atoms with van der Waals surface area (Å²) in [6.07, 6.45) is 2.12. The largest absolute Gasteiger partial charge is 0.494 e. The van der Waals surface area contributed by atoms with E-state index in [0.29, 0.717) is 28.7 Å². The number of hydrogen-bond donors (Lipinski definition) is 2. The van der Waals surface area contributed by atoms with E-state index < -0.39 is 0 Å². The Bertz CT molecular complexity index is 1540. The number of hydrogen-bond acceptors (Lipinski definition) is 4. The van der Waals surface area contributed by atoms with Crippen LogP contribution < -0.4 is 20.3 Å². The smallest absolute Gasteiger partial charge is 0.224 e. The van der Waals surface area contributed by atoms with Crippen molar-refractivity contribution in [3.05, 3.63) is 101 Å². The van der Waals surface area contributed by atoms with Crippen LogP contribution in [0.25, 0.3) is 5.69 Å². The molecule has 2 atom stereocenters. The first-order chi connectivity index (χ1) is 18.8. The minimum atomic E-state index is -0.293. The summed E-state index contributed by atoms with van der Waals surface area (Å²) in [5.74, 6) is 0.126. The van der Waals surface area contributed by atoms with Gasteiger partial charge in [0.1, 0.15) is 11.6 Å². The number of ether oxygens (including phenoxy) is 1. The van der Waals surface area contributed by atoms with Crippen LogP contribution in [0, 0.1) is 19.7 Å². The highest BCUT2D eigenvalue weighted by Gasteiger charge is 2.42. The maximum atomic E-state index is 14.9. The van der Waals surface area contributed by atoms with E-state index in [9.17, 15) is 9.18 Å². The highest BCUT2D eigenvalue weighted by atomic mass is 32.1. The number of nitrogens with one attached hydrogen (secondary N) is 2. The lowest BCUT2D eigenvalue weighted by atomic mass is 9.96. The lowest BCUT2D eigenvalue weighted by Gasteiger charge is -2.29. The van der Waals surface area contributed by atoms with Gasteiger partial charge in [-0.15, -0.1) is 0 Å². The summed E-state index contributed by atoms with van der Waals surface area (Å²) in [6.45, 7) is 5.76. The Kier molecular flexibility index (Phi) is 7.34. The van der Waals surface area contributed by atoms with Crippen molar-refractivity contribution in [1.82, 2.24) is 14.9 Å². The molecule has 0 saturated carbocycles. The summed E-state index contributed by atoms with van der Waals surface area (Å²) < 4.78 is 22.5. The van der Waals surface area contributed by atoms with Gasteiger partial charge in [0.05, 0.1) is 36.3 Å². The number of benzene rings is 2. The van der Waals surface area contributed by atoms with Gasteiger partial charge in [0.2, 0.25) is 5.91 Å². The zero-order valence-corrected chi connectivity index (χ0v) is 23.1. The summed E-state index contributed by atoms with van der Waals surface area (Å²) in [5.41, 5.74) is 5.49. The summed E-state index contributed by atoms with van der Waals surface area (Å²) in [6, 6.07) is 19.7. The fourth-order valence-electron chi connectivity index (χ4n) is 5.21. The van der Waals surface area contributed by atoms with E-state index in [4.69, 9.17) is 17.0 Å². The average molecular weight is 544 g/mol. The first-order valence-corrected chi connectivity index (χ1v) is 13.2. The third kappa shape index (κ3) is 4.85. The van der Waals surface area contributed by atoms with Crippen LogP contribution in [0.3, 0.4) is 0 Å². The molecule has 9 heteroatoms. The fourth-order valence-corrected chi connectivity index (χ4v) is 5.56. The molecule has 39 heavy (non-hydrogen) atoms. The Labute approximate surface area is 232 Å². The second-order valence-corrected chi connectivity index (χ2v) is 9.78. The van der Waals surface area contributed by atoms with Gasteiger partial charge in [-0.05, 0) is 74.1 Å². The molecule has 1 fully saturated rings. The molecule has 7 nitrogen and oxygen atoms in total. The van der Waals surface area contributed by atoms with E-state index in [-0.39, 0.29) is 23.8 Å². The van der Waals surface area contributed by atoms with Gasteiger partial charge >= 0.3 is 0 Å². The second kappa shape index (κ2) is 10.9. The van der Waals surface area contributed by atoms with Gasteiger partial charge in [0.25, 0.3) is 0 Å². The van der Waals surface area contributed by atoms with E-state index in [1.807, 2.05) is 65.8 Å². The molecule has 2 N–H and O–H groups in total. The molecule has 0 unspecified atom stereocenters. The molecule has 200 valence electrons. The maximum Gasteiger partial charge on any atom is 0.224 e. The molecule has 5 rings (SSSR count). The normalized spacial score (nSPS) is 16.7. The molecule has 2 aromatic heterocycles. The van der Waals surface area contributed by atoms with Gasteiger partial charge in [-0.3, -0.25) is 9.78 Å². The number of amides is 1. The minimum absolute atomic E-state index is 0.104. The van der Waals surface area contributed by atoms with Crippen molar-refractivity contribution in [2.24, 2.45) is 0 Å². The van der Waals surface area contributed by atoms with Crippen molar-refractivity contribution >= 4 is 34.6 Å². The zero-order valence-electron chi connectivity index (χ0n) is 22.2. The summed E-state index contributed by atoms with van der Waals surface area (Å²) in [4.78, 5) is 18.7. The Morgan fingerprint density at radius 3 is 2.59 bits per heavy atom. The number of carbonyl (C=O) groups excluding carboxylic acids is 1. The average Bonchev–Trinajstić information content (AvgIpc) is 3.44. The van der Waals surface area contributed by atoms with Crippen LogP contribution in [-0.2, 0) is 4.79 Å². The Morgan fingerprint density at radius 2 is 1.90 bits per heavy atom. The number of pyridine rings is 1. The van der Waals surface area contributed by atoms with Crippen LogP contribution >= 0.6 is 12.2 Å². The molecular weight excluding hydrogens is 513 g/mol. The lowest BCUT2D eigenvalue weighted by molar-refractivity contribution is -0.115. The van der Waals surface area contributed by atoms with Gasteiger partial charge in [-0.1, -0.05) is 25.1 Å². The molecule has 0 bridgehead atoms. The summed E-state index contributed by atoms with van der Waals surface area (Å²) in [7, 11) is 1.57. The van der Waals surface area contributed by atoms with Crippen LogP contribution in [0.1, 0.15) is 48.1 Å². The lowest BCUT2D eigenvalue weighted by Crippen LogP contribution is -2.29. The number of para-hydroxylation sites is 1. The number of halogens is 1. The zero-order chi connectivity index (χ0) is 27.7. The first kappa shape index (κ1) is 26.4. The Morgan fingerprint density at radius 1 is 1.13 bits per heavy atom. The van der Waals surface area contributed by atoms with Crippen LogP contribution in [0.5, 0.6) is 5.75 Å². The first-order valence-electron chi connectivity index (χ1n) is 12.8. The van der Waals surface area contributed by atoms with Crippen molar-refractivity contribution < 1.29 is 13.9 Å². The molecular formula is C30H30FN5O2S. The van der Waals surface area contributed by atoms with Crippen LogP contribution in [0.15, 0.2) is 72.9 Å². The van der Waals surface area contributed by atoms with Crippen LogP contribution in [0.2, 0.25) is 0 Å². The monoisotopic (exact) mass is 543 g/mol. The SMILES string of the molecule is CCC(=O)Nc1ccc(N2C(=S)N[C@H](c3ccccn3)[C@H]2c2cc(C)n(-c3ccccc3F)c2C)cc1OC. The number of nitrogens with zero attached hydrogens (tertiary/aromatic N) is 3. The number of aryl methyl sites for hydroxylation is 1. The molecule has 2 aromatic carbocycles. The molecule has 1 aliphatic rings. The Hall–Kier alpha value is -4.24. The number of thiocarbonyl (C=S) groups is 1. The molecule has 1 saturated heterocycles. The molecule has 1 amide bonds. The highest BCUT2D eigenvalue weighted by Crippen LogP contribution is 2.45. The van der Waals surface area contributed by atoms with E-state index in [1.54, 1.807) is 32.4 Å². The second-order valence-electron chi connectivity index (χ2n) is 9.40. The van der Waals surface area contributed by atoms with Gasteiger partial charge in [-0.2, -0.15) is 0 Å². The van der Waals surface area contributed by atoms with Gasteiger partial charge in [-0.25, -0.2) is 4.39 Å². The standard InChI is InChI=1S/C30H30FN5O2S/c1-5-27(37)33-23-14-13-20(17-26(23)38-4)36-29(28(34-30(36)39)24-11-8-9-15-32-24)21-16-18(2)35(19(21)3)25-12-7-6-10-22(25)31/h6-17,28-29H,5H2,1-4H3,(H,33,37)(H,34,39)/t28-,29-/m1/s1. The predicted molar refractivity (Wildman–Crippen MR) is 155 cm³/mol. The number of methoxy groups -OCH3 is 1. The number of rotatable bonds is 7. The number of anilines is 2. The van der Waals surface area contributed by atoms with E-state index in [1.165, 1.54) is 6.07 Å². The predicted octanol–water partition coefficient (Wildman–Crippen LogP) is 6.16. The van der Waals surface area contributed by atoms with E-state index in [2.05, 4.69) is 21.7 Å². The number of aromatic nitrogens is 2. The van der Waals surface area contributed by atoms with E-state index >= 15 is 0 Å². The van der Waals surface area contributed by atoms with Crippen molar-refractivity contribution in [2.45, 2.75) is 39.3 Å². The molecule has 0 radical (unpaired) electrons. The molecule has 0 aliphatic carbocycles. The molecule has 4 aromatic rings. The minimum Gasteiger partial charge on any atom is -0.494 e. The Balaban J connectivity index is 1.66. The molecule has 0 spiro atoms. The highest BCUT2D eigenvalue weighted by molar-refractivity contribution is 7.80. The third-order valence-electron chi connectivity index (χ3n) is 7.04. The maximum absolute atomic E-state index is 14.9. The molecule has 1 aliphatic heterocycles. The van der Waals surface area contributed by atoms with Crippen LogP contribution in [0.4, 0.5) is 15.8 Å². The van der Waals surface area contributed by atoms with Crippen LogP contribution in [-0.4, -0.2) is 27.7 Å². The summed E-state index contributed by atoms with van der Waals surface area (Å²) in [5, 5.41) is 6.88. The van der Waals surface area contributed by atoms with Crippen molar-refractivity contribution in [3.8, 4) is 11.4 Å². The summed E-state index contributed by atoms with van der Waals surface area (Å²) >= 11 is 5.88. The van der Waals surface area contributed by atoms with Crippen molar-refractivity contribution in [2.75, 3.05) is 17.3 Å². The van der Waals surface area contributed by atoms with Gasteiger partial charge < -0.3 is 24.8 Å². The topological polar surface area (TPSA) is 71.4 Å². The van der Waals surface area contributed by atoms with Gasteiger partial charge in [0, 0.05) is 35.8 Å². The van der Waals surface area contributed by atoms with Crippen molar-refractivity contribution in [3.63, 3.8) is 0 Å². The van der Waals surface area contributed by atoms with E-state index in [0.717, 1.165) is 28.3 Å². The van der Waals surface area contributed by atoms with Gasteiger partial charge in [0.15, 0.2) is 5.11 Å². The molecule has 3 heterocycles. The number of carbonyl (C=O) groups is 1. The third-order valence-corrected chi connectivity index (χ3v) is 7.35. The quantitative estimate of drug-likeness (QED) is 0.272. The fraction of sp³-hybridized carbons (Fsp3) is 0.233.